The maximum Gasteiger partial charge on any atom is 0.335 e. The normalized spacial score (nSPS) is 31.2. The average molecular weight is 125 g/mol. The van der Waals surface area contributed by atoms with E-state index in [1.54, 1.807) is 19.1 Å². The third kappa shape index (κ3) is 0.850. The molecule has 0 bridgehead atoms. The molecule has 3 heteroatoms. The smallest absolute Gasteiger partial charge is 0.335 e. The van der Waals surface area contributed by atoms with Gasteiger partial charge in [0.2, 0.25) is 0 Å². The van der Waals surface area contributed by atoms with Gasteiger partial charge < -0.3 is 5.11 Å². The molecule has 3 nitrogen and oxygen atoms in total. The minimum Gasteiger partial charge on any atom is -0.479 e. The number of carbonyl (C=O) groups is 1. The second-order valence-electron chi connectivity index (χ2n) is 2.09. The van der Waals surface area contributed by atoms with Crippen molar-refractivity contribution in [3.8, 4) is 0 Å². The van der Waals surface area contributed by atoms with E-state index in [-0.39, 0.29) is 0 Å². The van der Waals surface area contributed by atoms with Crippen LogP contribution in [0.5, 0.6) is 0 Å². The average Bonchev–Trinajstić information content (AvgIpc) is 2.16. The van der Waals surface area contributed by atoms with Crippen molar-refractivity contribution in [2.24, 2.45) is 4.99 Å². The Morgan fingerprint density at radius 1 is 1.78 bits per heavy atom. The summed E-state index contributed by atoms with van der Waals surface area (Å²) < 4.78 is 0. The molecule has 48 valence electrons. The number of aliphatic imine (C=N–C) groups is 1. The lowest BCUT2D eigenvalue weighted by atomic mass is 10.1. The number of carboxylic acids is 1. The van der Waals surface area contributed by atoms with E-state index >= 15 is 0 Å². The highest BCUT2D eigenvalue weighted by molar-refractivity contribution is 5.89. The molecule has 0 saturated carbocycles. The van der Waals surface area contributed by atoms with Crippen LogP contribution in [-0.4, -0.2) is 22.8 Å². The summed E-state index contributed by atoms with van der Waals surface area (Å²) in [7, 11) is 0. The van der Waals surface area contributed by atoms with Crippen molar-refractivity contribution in [2.45, 2.75) is 12.5 Å². The third-order valence-electron chi connectivity index (χ3n) is 1.28. The quantitative estimate of drug-likeness (QED) is 0.553. The molecule has 0 unspecified atom stereocenters. The highest BCUT2D eigenvalue weighted by Crippen LogP contribution is 2.15. The number of carboxylic acid groups (broad SMARTS) is 1. The molecule has 0 saturated heterocycles. The highest BCUT2D eigenvalue weighted by Gasteiger charge is 2.29. The van der Waals surface area contributed by atoms with E-state index in [0.717, 1.165) is 0 Å². The van der Waals surface area contributed by atoms with Gasteiger partial charge >= 0.3 is 5.97 Å². The van der Waals surface area contributed by atoms with Gasteiger partial charge in [-0.05, 0) is 19.1 Å². The van der Waals surface area contributed by atoms with E-state index in [0.29, 0.717) is 0 Å². The second-order valence-corrected chi connectivity index (χ2v) is 2.09. The Balaban J connectivity index is 2.88. The molecular formula is C6H7NO2. The number of rotatable bonds is 1. The van der Waals surface area contributed by atoms with Gasteiger partial charge in [-0.15, -0.1) is 0 Å². The first-order valence-corrected chi connectivity index (χ1v) is 2.61. The van der Waals surface area contributed by atoms with Crippen molar-refractivity contribution in [3.63, 3.8) is 0 Å². The maximum atomic E-state index is 10.4. The van der Waals surface area contributed by atoms with E-state index in [1.807, 2.05) is 0 Å². The summed E-state index contributed by atoms with van der Waals surface area (Å²) in [6.45, 7) is 1.55. The van der Waals surface area contributed by atoms with Gasteiger partial charge in [-0.1, -0.05) is 0 Å². The fraction of sp³-hybridized carbons (Fsp3) is 0.333. The molecule has 0 radical (unpaired) electrons. The molecule has 1 atom stereocenters. The van der Waals surface area contributed by atoms with Crippen LogP contribution in [0.1, 0.15) is 6.92 Å². The first-order chi connectivity index (χ1) is 4.15. The third-order valence-corrected chi connectivity index (χ3v) is 1.28. The molecule has 0 aromatic carbocycles. The molecule has 1 N–H and O–H groups in total. The Kier molecular flexibility index (Phi) is 1.12. The van der Waals surface area contributed by atoms with Gasteiger partial charge in [0.05, 0.1) is 0 Å². The van der Waals surface area contributed by atoms with Crippen molar-refractivity contribution >= 4 is 12.2 Å². The first kappa shape index (κ1) is 6.01. The van der Waals surface area contributed by atoms with Crippen LogP contribution in [-0.2, 0) is 4.79 Å². The topological polar surface area (TPSA) is 49.7 Å². The molecule has 0 aromatic heterocycles. The Morgan fingerprint density at radius 3 is 2.67 bits per heavy atom. The summed E-state index contributed by atoms with van der Waals surface area (Å²) in [5, 5.41) is 8.51. The molecule has 0 amide bonds. The molecule has 1 heterocycles. The summed E-state index contributed by atoms with van der Waals surface area (Å²) >= 11 is 0. The van der Waals surface area contributed by atoms with Gasteiger partial charge in [0.25, 0.3) is 0 Å². The number of hydrogen-bond acceptors (Lipinski definition) is 2. The molecule has 0 spiro atoms. The number of allylic oxidation sites excluding steroid dienone is 1. The van der Waals surface area contributed by atoms with Gasteiger partial charge in [-0.3, -0.25) is 4.99 Å². The van der Waals surface area contributed by atoms with Gasteiger partial charge in [0, 0.05) is 6.21 Å². The van der Waals surface area contributed by atoms with Gasteiger partial charge in [-0.2, -0.15) is 0 Å². The lowest BCUT2D eigenvalue weighted by Crippen LogP contribution is -2.28. The van der Waals surface area contributed by atoms with E-state index in [1.165, 1.54) is 6.21 Å². The summed E-state index contributed by atoms with van der Waals surface area (Å²) in [5.41, 5.74) is -1.00. The lowest BCUT2D eigenvalue weighted by Gasteiger charge is -2.09. The Hall–Kier alpha value is -1.12. The van der Waals surface area contributed by atoms with Crippen LogP contribution in [0.3, 0.4) is 0 Å². The molecule has 0 aromatic rings. The van der Waals surface area contributed by atoms with E-state index in [9.17, 15) is 4.79 Å². The van der Waals surface area contributed by atoms with Crippen molar-refractivity contribution in [2.75, 3.05) is 0 Å². The summed E-state index contributed by atoms with van der Waals surface area (Å²) in [4.78, 5) is 14.1. The second kappa shape index (κ2) is 1.69. The molecular weight excluding hydrogens is 118 g/mol. The predicted octanol–water partition coefficient (Wildman–Crippen LogP) is 0.470. The largest absolute Gasteiger partial charge is 0.479 e. The monoisotopic (exact) mass is 125 g/mol. The van der Waals surface area contributed by atoms with E-state index < -0.39 is 11.5 Å². The maximum absolute atomic E-state index is 10.4. The van der Waals surface area contributed by atoms with Crippen LogP contribution < -0.4 is 0 Å². The molecule has 0 fully saturated rings. The van der Waals surface area contributed by atoms with Crippen molar-refractivity contribution in [1.29, 1.82) is 0 Å². The van der Waals surface area contributed by atoms with Crippen LogP contribution in [0, 0.1) is 0 Å². The van der Waals surface area contributed by atoms with Gasteiger partial charge in [-0.25, -0.2) is 4.79 Å². The van der Waals surface area contributed by atoms with Crippen molar-refractivity contribution < 1.29 is 9.90 Å². The lowest BCUT2D eigenvalue weighted by molar-refractivity contribution is -0.140. The minimum atomic E-state index is -1.00. The fourth-order valence-electron chi connectivity index (χ4n) is 0.598. The standard InChI is InChI=1S/C6H7NO2/c1-6(5(8)9)3-2-4-7-6/h2-4H,1H3,(H,8,9)/t6-/m1/s1. The van der Waals surface area contributed by atoms with Crippen LogP contribution in [0.4, 0.5) is 0 Å². The molecule has 0 aliphatic carbocycles. The van der Waals surface area contributed by atoms with Crippen LogP contribution in [0.25, 0.3) is 0 Å². The zero-order chi connectivity index (χ0) is 6.91. The van der Waals surface area contributed by atoms with Crippen LogP contribution >= 0.6 is 0 Å². The fourth-order valence-corrected chi connectivity index (χ4v) is 0.598. The minimum absolute atomic E-state index is 0.910. The summed E-state index contributed by atoms with van der Waals surface area (Å²) in [5.74, 6) is -0.910. The van der Waals surface area contributed by atoms with E-state index in [4.69, 9.17) is 5.11 Å². The number of nitrogens with zero attached hydrogens (tertiary/aromatic N) is 1. The zero-order valence-corrected chi connectivity index (χ0v) is 5.03. The van der Waals surface area contributed by atoms with Crippen LogP contribution in [0.15, 0.2) is 17.1 Å². The molecule has 9 heavy (non-hydrogen) atoms. The number of aliphatic carboxylic acids is 1. The number of hydrogen-bond donors (Lipinski definition) is 1. The Morgan fingerprint density at radius 2 is 2.44 bits per heavy atom. The van der Waals surface area contributed by atoms with Gasteiger partial charge in [0.1, 0.15) is 0 Å². The van der Waals surface area contributed by atoms with Gasteiger partial charge in [0.15, 0.2) is 5.54 Å². The molecule has 1 aliphatic rings. The first-order valence-electron chi connectivity index (χ1n) is 2.61. The predicted molar refractivity (Wildman–Crippen MR) is 33.7 cm³/mol. The molecule has 1 aliphatic heterocycles. The Bertz CT molecular complexity index is 181. The summed E-state index contributed by atoms with van der Waals surface area (Å²) in [6, 6.07) is 0. The zero-order valence-electron chi connectivity index (χ0n) is 5.03. The van der Waals surface area contributed by atoms with Crippen LogP contribution in [0.2, 0.25) is 0 Å². The van der Waals surface area contributed by atoms with Crippen molar-refractivity contribution in [1.82, 2.24) is 0 Å². The highest BCUT2D eigenvalue weighted by atomic mass is 16.4. The van der Waals surface area contributed by atoms with Crippen molar-refractivity contribution in [3.05, 3.63) is 12.2 Å². The summed E-state index contributed by atoms with van der Waals surface area (Å²) in [6.07, 6.45) is 4.68. The SMILES string of the molecule is C[C@]1(C(=O)O)C=CC=N1. The van der Waals surface area contributed by atoms with E-state index in [2.05, 4.69) is 4.99 Å². The molecule has 1 rings (SSSR count). The Labute approximate surface area is 52.7 Å².